The molecule has 0 bridgehead atoms. The van der Waals surface area contributed by atoms with E-state index in [9.17, 15) is 9.90 Å². The minimum absolute atomic E-state index is 0.00313. The molecular formula is C20H21N5O5. The number of amides is 1. The highest BCUT2D eigenvalue weighted by Gasteiger charge is 2.35. The predicted octanol–water partition coefficient (Wildman–Crippen LogP) is 0.951. The van der Waals surface area contributed by atoms with Crippen LogP contribution in [0, 0.1) is 11.3 Å². The lowest BCUT2D eigenvalue weighted by molar-refractivity contribution is -0.113. The molecule has 0 atom stereocenters. The van der Waals surface area contributed by atoms with E-state index in [0.717, 1.165) is 6.42 Å². The van der Waals surface area contributed by atoms with Crippen LogP contribution < -0.4 is 16.0 Å². The molecule has 0 spiro atoms. The number of nitrogens with zero attached hydrogens (tertiary/aromatic N) is 3. The molecule has 1 saturated heterocycles. The fourth-order valence-corrected chi connectivity index (χ4v) is 3.07. The van der Waals surface area contributed by atoms with Crippen LogP contribution in [0.15, 0.2) is 24.3 Å². The van der Waals surface area contributed by atoms with Crippen molar-refractivity contribution in [3.05, 3.63) is 35.4 Å². The van der Waals surface area contributed by atoms with Crippen LogP contribution in [0.2, 0.25) is 0 Å². The van der Waals surface area contributed by atoms with Gasteiger partial charge in [-0.3, -0.25) is 9.63 Å². The van der Waals surface area contributed by atoms with Gasteiger partial charge in [0.25, 0.3) is 5.91 Å². The number of hydrogen-bond acceptors (Lipinski definition) is 9. The largest absolute Gasteiger partial charge is 0.469 e. The fourth-order valence-electron chi connectivity index (χ4n) is 3.07. The molecule has 156 valence electrons. The highest BCUT2D eigenvalue weighted by Crippen LogP contribution is 2.32. The van der Waals surface area contributed by atoms with E-state index in [4.69, 9.17) is 25.3 Å². The van der Waals surface area contributed by atoms with E-state index >= 15 is 0 Å². The van der Waals surface area contributed by atoms with Gasteiger partial charge in [0, 0.05) is 5.56 Å². The summed E-state index contributed by atoms with van der Waals surface area (Å²) in [5, 5.41) is 19.2. The second kappa shape index (κ2) is 8.23. The van der Waals surface area contributed by atoms with Gasteiger partial charge in [0.05, 0.1) is 30.4 Å². The molecule has 2 aromatic rings. The lowest BCUT2D eigenvalue weighted by Crippen LogP contribution is -2.44. The molecule has 1 aliphatic heterocycles. The third kappa shape index (κ3) is 4.18. The number of carbonyl (C=O) groups is 1. The zero-order valence-electron chi connectivity index (χ0n) is 16.1. The summed E-state index contributed by atoms with van der Waals surface area (Å²) in [6.07, 6.45) is 1.91. The summed E-state index contributed by atoms with van der Waals surface area (Å²) in [5.74, 6) is -0.554. The summed E-state index contributed by atoms with van der Waals surface area (Å²) in [5.41, 5.74) is 8.37. The van der Waals surface area contributed by atoms with Crippen LogP contribution in [-0.4, -0.2) is 52.5 Å². The van der Waals surface area contributed by atoms with Gasteiger partial charge >= 0.3 is 0 Å². The number of ether oxygens (including phenoxy) is 2. The van der Waals surface area contributed by atoms with Crippen molar-refractivity contribution in [1.29, 1.82) is 5.26 Å². The molecule has 0 unspecified atom stereocenters. The van der Waals surface area contributed by atoms with E-state index in [1.165, 1.54) is 0 Å². The smallest absolute Gasteiger partial charge is 0.284 e. The third-order valence-corrected chi connectivity index (χ3v) is 5.06. The van der Waals surface area contributed by atoms with Crippen LogP contribution in [0.3, 0.4) is 0 Å². The number of rotatable bonds is 7. The van der Waals surface area contributed by atoms with Gasteiger partial charge in [-0.2, -0.15) is 10.2 Å². The Bertz CT molecular complexity index is 998. The number of aliphatic hydroxyl groups is 1. The van der Waals surface area contributed by atoms with Crippen LogP contribution in [0.5, 0.6) is 5.88 Å². The molecule has 10 nitrogen and oxygen atoms in total. The molecule has 10 heteroatoms. The lowest BCUT2D eigenvalue weighted by atomic mass is 9.81. The Balaban J connectivity index is 1.59. The van der Waals surface area contributed by atoms with Crippen molar-refractivity contribution in [2.24, 2.45) is 0 Å². The maximum absolute atomic E-state index is 12.7. The minimum Gasteiger partial charge on any atom is -0.469 e. The molecule has 1 aliphatic carbocycles. The maximum Gasteiger partial charge on any atom is 0.284 e. The summed E-state index contributed by atoms with van der Waals surface area (Å²) in [6, 6.07) is 8.76. The monoisotopic (exact) mass is 411 g/mol. The number of anilines is 1. The molecular weight excluding hydrogens is 390 g/mol. The Labute approximate surface area is 172 Å². The average Bonchev–Trinajstić information content (AvgIpc) is 2.69. The summed E-state index contributed by atoms with van der Waals surface area (Å²) in [6.45, 7) is 0.715. The Morgan fingerprint density at radius 2 is 2.20 bits per heavy atom. The molecule has 1 aromatic carbocycles. The standard InChI is InChI=1S/C20H21N5O5/c21-8-12-3-1-4-13(7-12)17-23-16(22)15(19(24-17)30-14-9-28-10-14)18(26)25-29-11-20(27)5-2-6-20/h1,3-4,7,14,27H,2,5-6,9-11H2,(H,25,26)(H2,22,23,24). The third-order valence-electron chi connectivity index (χ3n) is 5.06. The molecule has 1 amide bonds. The van der Waals surface area contributed by atoms with E-state index in [2.05, 4.69) is 21.5 Å². The summed E-state index contributed by atoms with van der Waals surface area (Å²) in [7, 11) is 0. The first-order chi connectivity index (χ1) is 14.5. The lowest BCUT2D eigenvalue weighted by Gasteiger charge is -2.35. The predicted molar refractivity (Wildman–Crippen MR) is 104 cm³/mol. The van der Waals surface area contributed by atoms with E-state index in [1.807, 2.05) is 0 Å². The molecule has 4 N–H and O–H groups in total. The van der Waals surface area contributed by atoms with Crippen LogP contribution >= 0.6 is 0 Å². The van der Waals surface area contributed by atoms with Crippen molar-refractivity contribution in [1.82, 2.24) is 15.4 Å². The second-order valence-electron chi connectivity index (χ2n) is 7.38. The highest BCUT2D eigenvalue weighted by atomic mass is 16.7. The highest BCUT2D eigenvalue weighted by molar-refractivity contribution is 6.00. The first-order valence-electron chi connectivity index (χ1n) is 9.54. The summed E-state index contributed by atoms with van der Waals surface area (Å²) < 4.78 is 10.9. The van der Waals surface area contributed by atoms with Gasteiger partial charge in [-0.1, -0.05) is 12.1 Å². The number of aromatic nitrogens is 2. The van der Waals surface area contributed by atoms with Gasteiger partial charge in [-0.05, 0) is 31.4 Å². The number of nitriles is 1. The Kier molecular flexibility index (Phi) is 5.50. The normalized spacial score (nSPS) is 17.3. The topological polar surface area (TPSA) is 153 Å². The molecule has 1 aromatic heterocycles. The van der Waals surface area contributed by atoms with Gasteiger partial charge in [0.2, 0.25) is 5.88 Å². The molecule has 4 rings (SSSR count). The molecule has 1 saturated carbocycles. The summed E-state index contributed by atoms with van der Waals surface area (Å²) in [4.78, 5) is 26.4. The van der Waals surface area contributed by atoms with Gasteiger partial charge in [-0.15, -0.1) is 0 Å². The Hall–Kier alpha value is -3.26. The zero-order chi connectivity index (χ0) is 21.1. The second-order valence-corrected chi connectivity index (χ2v) is 7.38. The maximum atomic E-state index is 12.7. The first kappa shape index (κ1) is 20.0. The van der Waals surface area contributed by atoms with Crippen molar-refractivity contribution in [2.45, 2.75) is 31.0 Å². The number of hydrogen-bond donors (Lipinski definition) is 3. The fraction of sp³-hybridized carbons (Fsp3) is 0.400. The Morgan fingerprint density at radius 3 is 2.83 bits per heavy atom. The van der Waals surface area contributed by atoms with Gasteiger partial charge in [-0.25, -0.2) is 10.5 Å². The number of hydroxylamine groups is 1. The number of carbonyl (C=O) groups excluding carboxylic acids is 1. The number of nitrogen functional groups attached to an aromatic ring is 1. The average molecular weight is 411 g/mol. The van der Waals surface area contributed by atoms with E-state index in [1.54, 1.807) is 24.3 Å². The number of nitrogens with two attached hydrogens (primary N) is 1. The van der Waals surface area contributed by atoms with E-state index in [0.29, 0.717) is 37.2 Å². The number of benzene rings is 1. The molecule has 2 fully saturated rings. The van der Waals surface area contributed by atoms with Gasteiger partial charge in [0.15, 0.2) is 5.82 Å². The van der Waals surface area contributed by atoms with Crippen LogP contribution in [0.25, 0.3) is 11.4 Å². The number of nitrogens with one attached hydrogen (secondary N) is 1. The van der Waals surface area contributed by atoms with Crippen molar-refractivity contribution in [3.8, 4) is 23.3 Å². The van der Waals surface area contributed by atoms with Crippen LogP contribution in [0.4, 0.5) is 5.82 Å². The first-order valence-corrected chi connectivity index (χ1v) is 9.54. The van der Waals surface area contributed by atoms with Crippen molar-refractivity contribution in [2.75, 3.05) is 25.6 Å². The Morgan fingerprint density at radius 1 is 1.40 bits per heavy atom. The van der Waals surface area contributed by atoms with E-state index < -0.39 is 11.5 Å². The molecule has 2 heterocycles. The van der Waals surface area contributed by atoms with Crippen LogP contribution in [0.1, 0.15) is 35.2 Å². The summed E-state index contributed by atoms with van der Waals surface area (Å²) >= 11 is 0. The van der Waals surface area contributed by atoms with Gasteiger partial charge < -0.3 is 20.3 Å². The molecule has 30 heavy (non-hydrogen) atoms. The SMILES string of the molecule is N#Cc1cccc(-c2nc(N)c(C(=O)NOCC3(O)CCC3)c(OC3COC3)n2)c1. The molecule has 0 radical (unpaired) electrons. The minimum atomic E-state index is -0.909. The quantitative estimate of drug-likeness (QED) is 0.565. The van der Waals surface area contributed by atoms with Crippen molar-refractivity contribution in [3.63, 3.8) is 0 Å². The van der Waals surface area contributed by atoms with E-state index in [-0.39, 0.29) is 35.8 Å². The van der Waals surface area contributed by atoms with Gasteiger partial charge in [0.1, 0.15) is 24.1 Å². The van der Waals surface area contributed by atoms with Crippen LogP contribution in [-0.2, 0) is 9.57 Å². The molecule has 2 aliphatic rings. The van der Waals surface area contributed by atoms with Crippen molar-refractivity contribution < 1.29 is 24.2 Å². The van der Waals surface area contributed by atoms with Crippen molar-refractivity contribution >= 4 is 11.7 Å². The zero-order valence-corrected chi connectivity index (χ0v) is 16.1.